The zero-order valence-electron chi connectivity index (χ0n) is 19.3. The van der Waals surface area contributed by atoms with Crippen LogP contribution in [0.5, 0.6) is 5.88 Å². The number of pyridine rings is 1. The molecule has 0 aliphatic carbocycles. The Bertz CT molecular complexity index is 1430. The first-order valence-electron chi connectivity index (χ1n) is 11.1. The lowest BCUT2D eigenvalue weighted by atomic mass is 10.2. The first kappa shape index (κ1) is 25.2. The number of rotatable bonds is 8. The summed E-state index contributed by atoms with van der Waals surface area (Å²) in [6.45, 7) is 2.33. The number of nitrogens with one attached hydrogen (secondary N) is 1. The fraction of sp³-hybridized carbons (Fsp3) is 0.154. The summed E-state index contributed by atoms with van der Waals surface area (Å²) in [5, 5.41) is 14.5. The predicted octanol–water partition coefficient (Wildman–Crippen LogP) is 5.17. The van der Waals surface area contributed by atoms with Crippen molar-refractivity contribution in [2.45, 2.75) is 19.9 Å². The third-order valence-electron chi connectivity index (χ3n) is 5.37. The quantitative estimate of drug-likeness (QED) is 0.245. The van der Waals surface area contributed by atoms with E-state index in [0.717, 1.165) is 5.56 Å². The van der Waals surface area contributed by atoms with Crippen LogP contribution in [0.15, 0.2) is 73.1 Å². The van der Waals surface area contributed by atoms with E-state index < -0.39 is 5.97 Å². The fourth-order valence-corrected chi connectivity index (χ4v) is 4.17. The van der Waals surface area contributed by atoms with Crippen molar-refractivity contribution >= 4 is 41.4 Å². The van der Waals surface area contributed by atoms with Crippen molar-refractivity contribution in [3.05, 3.63) is 99.7 Å². The largest absolute Gasteiger partial charge is 0.493 e. The standard InChI is InChI=1S/C26H23ClN4O4S/c1-2-35-25(34)18-5-9-20(10-6-18)29-23(32)14-22-24(33)31(21-11-7-19(27)8-12-21)26(36)30(22)16-17-4-3-13-28-15-17/h3-13,15,33H,2,14,16H2,1H3,(H,29,32). The van der Waals surface area contributed by atoms with Crippen LogP contribution in [0.25, 0.3) is 5.69 Å². The van der Waals surface area contributed by atoms with Crippen molar-refractivity contribution in [2.75, 3.05) is 11.9 Å². The second-order valence-corrected chi connectivity index (χ2v) is 8.64. The van der Waals surface area contributed by atoms with Crippen molar-refractivity contribution in [3.8, 4) is 11.6 Å². The minimum atomic E-state index is -0.432. The predicted molar refractivity (Wildman–Crippen MR) is 139 cm³/mol. The Morgan fingerprint density at radius 1 is 1.11 bits per heavy atom. The Hall–Kier alpha value is -3.95. The van der Waals surface area contributed by atoms with Gasteiger partial charge in [-0.1, -0.05) is 17.7 Å². The molecule has 0 radical (unpaired) electrons. The summed E-state index contributed by atoms with van der Waals surface area (Å²) < 4.78 is 8.51. The zero-order valence-corrected chi connectivity index (χ0v) is 20.9. The number of halogens is 1. The Kier molecular flexibility index (Phi) is 7.82. The molecule has 0 saturated carbocycles. The van der Waals surface area contributed by atoms with Crippen LogP contribution >= 0.6 is 23.8 Å². The van der Waals surface area contributed by atoms with Crippen LogP contribution in [0.3, 0.4) is 0 Å². The number of benzene rings is 2. The maximum atomic E-state index is 13.0. The van der Waals surface area contributed by atoms with Crippen LogP contribution in [-0.4, -0.2) is 37.7 Å². The van der Waals surface area contributed by atoms with Gasteiger partial charge >= 0.3 is 5.97 Å². The van der Waals surface area contributed by atoms with Gasteiger partial charge in [0.15, 0.2) is 4.77 Å². The van der Waals surface area contributed by atoms with E-state index in [0.29, 0.717) is 39.0 Å². The molecule has 36 heavy (non-hydrogen) atoms. The SMILES string of the molecule is CCOC(=O)c1ccc(NC(=O)Cc2c(O)n(-c3ccc(Cl)cc3)c(=S)n2Cc2cccnc2)cc1. The average Bonchev–Trinajstić information content (AvgIpc) is 3.09. The first-order chi connectivity index (χ1) is 17.4. The molecular weight excluding hydrogens is 500 g/mol. The molecule has 0 atom stereocenters. The van der Waals surface area contributed by atoms with E-state index in [1.165, 1.54) is 4.57 Å². The van der Waals surface area contributed by atoms with Crippen LogP contribution < -0.4 is 5.32 Å². The molecule has 2 aromatic heterocycles. The van der Waals surface area contributed by atoms with E-state index in [-0.39, 0.29) is 24.8 Å². The number of aromatic nitrogens is 3. The van der Waals surface area contributed by atoms with Gasteiger partial charge in [-0.2, -0.15) is 0 Å². The highest BCUT2D eigenvalue weighted by molar-refractivity contribution is 7.71. The second-order valence-electron chi connectivity index (χ2n) is 7.83. The molecule has 0 bridgehead atoms. The van der Waals surface area contributed by atoms with Crippen LogP contribution in [-0.2, 0) is 22.5 Å². The van der Waals surface area contributed by atoms with Gasteiger partial charge in [-0.3, -0.25) is 14.3 Å². The summed E-state index contributed by atoms with van der Waals surface area (Å²) in [6.07, 6.45) is 3.23. The number of imidazole rings is 1. The molecular formula is C26H23ClN4O4S. The highest BCUT2D eigenvalue weighted by Crippen LogP contribution is 2.28. The van der Waals surface area contributed by atoms with Gasteiger partial charge in [0.05, 0.1) is 36.5 Å². The van der Waals surface area contributed by atoms with Gasteiger partial charge in [0.25, 0.3) is 0 Å². The molecule has 0 saturated heterocycles. The van der Waals surface area contributed by atoms with E-state index in [1.54, 1.807) is 78.5 Å². The molecule has 2 aromatic carbocycles. The number of aromatic hydroxyl groups is 1. The van der Waals surface area contributed by atoms with Gasteiger partial charge in [0, 0.05) is 23.1 Å². The number of hydrogen-bond acceptors (Lipinski definition) is 6. The summed E-state index contributed by atoms with van der Waals surface area (Å²) in [5.74, 6) is -0.936. The van der Waals surface area contributed by atoms with E-state index in [9.17, 15) is 14.7 Å². The Morgan fingerprint density at radius 2 is 1.83 bits per heavy atom. The molecule has 0 spiro atoms. The summed E-state index contributed by atoms with van der Waals surface area (Å²) in [7, 11) is 0. The van der Waals surface area contributed by atoms with Gasteiger partial charge < -0.3 is 19.7 Å². The Balaban J connectivity index is 1.63. The molecule has 4 rings (SSSR count). The number of hydrogen-bond donors (Lipinski definition) is 2. The molecule has 2 N–H and O–H groups in total. The van der Waals surface area contributed by atoms with Gasteiger partial charge in [-0.05, 0) is 79.3 Å². The van der Waals surface area contributed by atoms with Crippen LogP contribution in [0.2, 0.25) is 5.02 Å². The van der Waals surface area contributed by atoms with Crippen LogP contribution in [0.1, 0.15) is 28.5 Å². The summed E-state index contributed by atoms with van der Waals surface area (Å²) in [6, 6.07) is 16.9. The topological polar surface area (TPSA) is 98.4 Å². The van der Waals surface area contributed by atoms with E-state index in [1.807, 2.05) is 6.07 Å². The second kappa shape index (κ2) is 11.2. The molecule has 8 nitrogen and oxygen atoms in total. The lowest BCUT2D eigenvalue weighted by Crippen LogP contribution is -2.17. The van der Waals surface area contributed by atoms with Crippen molar-refractivity contribution in [2.24, 2.45) is 0 Å². The van der Waals surface area contributed by atoms with Gasteiger partial charge in [0.2, 0.25) is 11.8 Å². The first-order valence-corrected chi connectivity index (χ1v) is 11.9. The van der Waals surface area contributed by atoms with Gasteiger partial charge in [-0.15, -0.1) is 0 Å². The minimum Gasteiger partial charge on any atom is -0.493 e. The molecule has 184 valence electrons. The maximum absolute atomic E-state index is 13.0. The fourth-order valence-electron chi connectivity index (χ4n) is 3.67. The van der Waals surface area contributed by atoms with E-state index >= 15 is 0 Å². The van der Waals surface area contributed by atoms with Crippen LogP contribution in [0, 0.1) is 4.77 Å². The smallest absolute Gasteiger partial charge is 0.338 e. The van der Waals surface area contributed by atoms with Gasteiger partial charge in [-0.25, -0.2) is 4.79 Å². The average molecular weight is 523 g/mol. The summed E-state index contributed by atoms with van der Waals surface area (Å²) >= 11 is 11.7. The maximum Gasteiger partial charge on any atom is 0.338 e. The number of amides is 1. The molecule has 1 amide bonds. The van der Waals surface area contributed by atoms with E-state index in [4.69, 9.17) is 28.6 Å². The monoisotopic (exact) mass is 522 g/mol. The van der Waals surface area contributed by atoms with Crippen LogP contribution in [0.4, 0.5) is 5.69 Å². The van der Waals surface area contributed by atoms with Crippen molar-refractivity contribution < 1.29 is 19.4 Å². The summed E-state index contributed by atoms with van der Waals surface area (Å²) in [5.41, 5.74) is 2.71. The molecule has 0 aliphatic rings. The summed E-state index contributed by atoms with van der Waals surface area (Å²) in [4.78, 5) is 29.0. The molecule has 4 aromatic rings. The number of anilines is 1. The molecule has 0 unspecified atom stereocenters. The molecule has 2 heterocycles. The van der Waals surface area contributed by atoms with Gasteiger partial charge in [0.1, 0.15) is 0 Å². The number of esters is 1. The highest BCUT2D eigenvalue weighted by Gasteiger charge is 2.21. The molecule has 0 fully saturated rings. The number of ether oxygens (including phenoxy) is 1. The number of carbonyl (C=O) groups excluding carboxylic acids is 2. The normalized spacial score (nSPS) is 10.7. The number of nitrogens with zero attached hydrogens (tertiary/aromatic N) is 3. The molecule has 10 heteroatoms. The van der Waals surface area contributed by atoms with Crippen molar-refractivity contribution in [3.63, 3.8) is 0 Å². The Labute approximate surface area is 217 Å². The number of carbonyl (C=O) groups is 2. The van der Waals surface area contributed by atoms with E-state index in [2.05, 4.69) is 10.3 Å². The third-order valence-corrected chi connectivity index (χ3v) is 6.03. The Morgan fingerprint density at radius 3 is 2.47 bits per heavy atom. The lowest BCUT2D eigenvalue weighted by Gasteiger charge is -2.10. The minimum absolute atomic E-state index is 0.140. The van der Waals surface area contributed by atoms with Crippen molar-refractivity contribution in [1.82, 2.24) is 14.1 Å². The molecule has 0 aliphatic heterocycles. The third kappa shape index (κ3) is 5.64. The van der Waals surface area contributed by atoms with Crippen molar-refractivity contribution in [1.29, 1.82) is 0 Å². The lowest BCUT2D eigenvalue weighted by molar-refractivity contribution is -0.115. The zero-order chi connectivity index (χ0) is 25.7. The highest BCUT2D eigenvalue weighted by atomic mass is 35.5.